The average molecular weight is 405 g/mol. The molecule has 5 atom stereocenters. The molecule has 0 aromatic heterocycles. The van der Waals surface area contributed by atoms with Crippen molar-refractivity contribution in [3.8, 4) is 17.6 Å². The Hall–Kier alpha value is -2.88. The van der Waals surface area contributed by atoms with Crippen molar-refractivity contribution in [2.24, 2.45) is 23.1 Å². The van der Waals surface area contributed by atoms with Crippen LogP contribution in [0.2, 0.25) is 0 Å². The molecule has 0 bridgehead atoms. The molecule has 1 saturated heterocycles. The molecule has 2 aliphatic rings. The normalized spacial score (nSPS) is 28.7. The van der Waals surface area contributed by atoms with Gasteiger partial charge in [-0.05, 0) is 49.4 Å². The van der Waals surface area contributed by atoms with Crippen LogP contribution in [0.5, 0.6) is 11.5 Å². The van der Waals surface area contributed by atoms with Crippen molar-refractivity contribution in [2.45, 2.75) is 45.4 Å². The molecule has 1 aliphatic heterocycles. The predicted molar refractivity (Wildman–Crippen MR) is 112 cm³/mol. The number of benzene rings is 2. The molecule has 2 fully saturated rings. The Kier molecular flexibility index (Phi) is 4.84. The first-order valence-corrected chi connectivity index (χ1v) is 10.1. The van der Waals surface area contributed by atoms with E-state index >= 15 is 0 Å². The largest absolute Gasteiger partial charge is 0.457 e. The van der Waals surface area contributed by atoms with Crippen LogP contribution in [0.1, 0.15) is 39.4 Å². The van der Waals surface area contributed by atoms with E-state index in [1.807, 2.05) is 30.3 Å². The fraction of sp³-hybridized carbons (Fsp3) is 0.417. The predicted octanol–water partition coefficient (Wildman–Crippen LogP) is 4.20. The zero-order valence-corrected chi connectivity index (χ0v) is 17.7. The number of rotatable bonds is 6. The minimum absolute atomic E-state index is 0.116. The van der Waals surface area contributed by atoms with Crippen LogP contribution in [0.3, 0.4) is 0 Å². The van der Waals surface area contributed by atoms with Gasteiger partial charge in [-0.2, -0.15) is 5.26 Å². The lowest BCUT2D eigenvalue weighted by molar-refractivity contribution is -0.149. The number of ether oxygens (including phenoxy) is 2. The molecule has 2 aromatic rings. The van der Waals surface area contributed by atoms with Gasteiger partial charge in [0.1, 0.15) is 17.6 Å². The van der Waals surface area contributed by atoms with Gasteiger partial charge in [-0.25, -0.2) is 5.01 Å². The lowest BCUT2D eigenvalue weighted by atomic mass is 10.0. The van der Waals surface area contributed by atoms with Gasteiger partial charge in [-0.3, -0.25) is 10.6 Å². The number of hydrazine groups is 1. The van der Waals surface area contributed by atoms with Gasteiger partial charge in [0.15, 0.2) is 0 Å². The zero-order valence-electron chi connectivity index (χ0n) is 17.7. The van der Waals surface area contributed by atoms with Gasteiger partial charge in [0.2, 0.25) is 6.10 Å². The molecule has 1 aliphatic carbocycles. The van der Waals surface area contributed by atoms with Crippen molar-refractivity contribution in [3.05, 3.63) is 60.2 Å². The van der Waals surface area contributed by atoms with E-state index in [4.69, 9.17) is 15.3 Å². The van der Waals surface area contributed by atoms with E-state index in [1.165, 1.54) is 0 Å². The van der Waals surface area contributed by atoms with Crippen LogP contribution in [-0.4, -0.2) is 22.6 Å². The second kappa shape index (κ2) is 7.12. The standard InChI is InChI=1S/C24H27N3O3/c1-23(2)19(21-24(3,4)27(21)26)20(23)22(28)30-18(14-25)15-9-8-12-17(13-15)29-16-10-6-5-7-11-16/h5-13,18-21H,26H2,1-4H3/t18-,19+,20-,21-,27?/m0/s1. The molecule has 4 rings (SSSR count). The Bertz CT molecular complexity index is 996. The van der Waals surface area contributed by atoms with Gasteiger partial charge in [-0.1, -0.05) is 44.2 Å². The van der Waals surface area contributed by atoms with Gasteiger partial charge in [0.05, 0.1) is 5.92 Å². The lowest BCUT2D eigenvalue weighted by Crippen LogP contribution is -2.16. The van der Waals surface area contributed by atoms with Crippen LogP contribution in [0.15, 0.2) is 54.6 Å². The third kappa shape index (κ3) is 3.45. The highest BCUT2D eigenvalue weighted by Gasteiger charge is 2.74. The monoisotopic (exact) mass is 405 g/mol. The van der Waals surface area contributed by atoms with Crippen molar-refractivity contribution >= 4 is 5.97 Å². The first kappa shape index (κ1) is 20.4. The number of esters is 1. The van der Waals surface area contributed by atoms with Crippen molar-refractivity contribution in [1.29, 1.82) is 5.26 Å². The molecular weight excluding hydrogens is 378 g/mol. The third-order valence-corrected chi connectivity index (χ3v) is 6.62. The summed E-state index contributed by atoms with van der Waals surface area (Å²) in [6.45, 7) is 8.26. The molecule has 2 aromatic carbocycles. The highest BCUT2D eigenvalue weighted by atomic mass is 16.5. The highest BCUT2D eigenvalue weighted by molar-refractivity contribution is 5.78. The third-order valence-electron chi connectivity index (χ3n) is 6.62. The second-order valence-electron chi connectivity index (χ2n) is 9.26. The SMILES string of the molecule is CC1(C)[C@@H]([C@@H]2N(N)C2(C)C)[C@H]1C(=O)O[C@@H](C#N)c1cccc(Oc2ccccc2)c1. The van der Waals surface area contributed by atoms with Crippen LogP contribution in [0.25, 0.3) is 0 Å². The zero-order chi connectivity index (χ0) is 21.7. The van der Waals surface area contributed by atoms with E-state index in [1.54, 1.807) is 29.3 Å². The highest BCUT2D eigenvalue weighted by Crippen LogP contribution is 2.67. The summed E-state index contributed by atoms with van der Waals surface area (Å²) < 4.78 is 11.5. The molecule has 6 heteroatoms. The van der Waals surface area contributed by atoms with Crippen LogP contribution < -0.4 is 10.6 Å². The van der Waals surface area contributed by atoms with Crippen LogP contribution in [0.4, 0.5) is 0 Å². The van der Waals surface area contributed by atoms with Gasteiger partial charge in [0.25, 0.3) is 0 Å². The molecular formula is C24H27N3O3. The summed E-state index contributed by atoms with van der Waals surface area (Å²) in [5, 5.41) is 11.5. The molecule has 0 spiro atoms. The maximum absolute atomic E-state index is 12.9. The molecule has 30 heavy (non-hydrogen) atoms. The van der Waals surface area contributed by atoms with Crippen LogP contribution in [-0.2, 0) is 9.53 Å². The summed E-state index contributed by atoms with van der Waals surface area (Å²) in [6, 6.07) is 18.7. The van der Waals surface area contributed by atoms with Crippen molar-refractivity contribution in [2.75, 3.05) is 0 Å². The van der Waals surface area contributed by atoms with Gasteiger partial charge in [0, 0.05) is 17.1 Å². The molecule has 0 radical (unpaired) electrons. The Balaban J connectivity index is 1.46. The smallest absolute Gasteiger partial charge is 0.311 e. The van der Waals surface area contributed by atoms with Gasteiger partial charge >= 0.3 is 5.97 Å². The summed E-state index contributed by atoms with van der Waals surface area (Å²) >= 11 is 0. The summed E-state index contributed by atoms with van der Waals surface area (Å²) in [5.74, 6) is 6.87. The van der Waals surface area contributed by atoms with E-state index in [9.17, 15) is 10.1 Å². The second-order valence-corrected chi connectivity index (χ2v) is 9.26. The minimum atomic E-state index is -0.991. The number of carbonyl (C=O) groups excluding carboxylic acids is 1. The number of hydrogen-bond acceptors (Lipinski definition) is 6. The first-order chi connectivity index (χ1) is 14.2. The first-order valence-electron chi connectivity index (χ1n) is 10.1. The number of nitrogens with two attached hydrogens (primary N) is 1. The topological polar surface area (TPSA) is 88.4 Å². The molecule has 1 unspecified atom stereocenters. The van der Waals surface area contributed by atoms with Crippen molar-refractivity contribution in [3.63, 3.8) is 0 Å². The number of hydrogen-bond donors (Lipinski definition) is 1. The summed E-state index contributed by atoms with van der Waals surface area (Å²) in [4.78, 5) is 12.9. The van der Waals surface area contributed by atoms with Gasteiger partial charge in [-0.15, -0.1) is 0 Å². The molecule has 2 N–H and O–H groups in total. The van der Waals surface area contributed by atoms with E-state index < -0.39 is 6.10 Å². The van der Waals surface area contributed by atoms with Crippen LogP contribution >= 0.6 is 0 Å². The van der Waals surface area contributed by atoms with Crippen LogP contribution in [0, 0.1) is 28.6 Å². The Morgan fingerprint density at radius 2 is 1.73 bits per heavy atom. The quantitative estimate of drug-likeness (QED) is 0.440. The number of carbonyl (C=O) groups is 1. The Labute approximate surface area is 177 Å². The average Bonchev–Trinajstić information content (AvgIpc) is 3.46. The van der Waals surface area contributed by atoms with Crippen molar-refractivity contribution < 1.29 is 14.3 Å². The minimum Gasteiger partial charge on any atom is -0.457 e. The number of para-hydroxylation sites is 1. The Morgan fingerprint density at radius 3 is 2.33 bits per heavy atom. The number of nitrogens with zero attached hydrogens (tertiary/aromatic N) is 2. The van der Waals surface area contributed by atoms with E-state index in [0.717, 1.165) is 0 Å². The van der Waals surface area contributed by atoms with E-state index in [2.05, 4.69) is 33.8 Å². The van der Waals surface area contributed by atoms with E-state index in [0.29, 0.717) is 17.1 Å². The molecule has 0 amide bonds. The molecule has 1 heterocycles. The molecule has 1 saturated carbocycles. The van der Waals surface area contributed by atoms with Gasteiger partial charge < -0.3 is 9.47 Å². The lowest BCUT2D eigenvalue weighted by Gasteiger charge is -2.13. The fourth-order valence-electron chi connectivity index (χ4n) is 4.60. The molecule has 156 valence electrons. The maximum atomic E-state index is 12.9. The summed E-state index contributed by atoms with van der Waals surface area (Å²) in [6.07, 6.45) is -0.991. The summed E-state index contributed by atoms with van der Waals surface area (Å²) in [5.41, 5.74) is 0.265. The number of nitriles is 1. The fourth-order valence-corrected chi connectivity index (χ4v) is 4.60. The van der Waals surface area contributed by atoms with Crippen molar-refractivity contribution in [1.82, 2.24) is 5.01 Å². The summed E-state index contributed by atoms with van der Waals surface area (Å²) in [7, 11) is 0. The van der Waals surface area contributed by atoms with E-state index in [-0.39, 0.29) is 34.8 Å². The molecule has 6 nitrogen and oxygen atoms in total. The Morgan fingerprint density at radius 1 is 1.10 bits per heavy atom. The maximum Gasteiger partial charge on any atom is 0.311 e.